The van der Waals surface area contributed by atoms with Crippen molar-refractivity contribution in [3.63, 3.8) is 0 Å². The summed E-state index contributed by atoms with van der Waals surface area (Å²) >= 11 is 0. The topological polar surface area (TPSA) is 87.7 Å². The van der Waals surface area contributed by atoms with E-state index in [1.165, 1.54) is 6.42 Å². The van der Waals surface area contributed by atoms with Gasteiger partial charge >= 0.3 is 6.09 Å². The molecule has 0 spiro atoms. The second kappa shape index (κ2) is 16.8. The van der Waals surface area contributed by atoms with Gasteiger partial charge in [0.2, 0.25) is 11.8 Å². The van der Waals surface area contributed by atoms with E-state index < -0.39 is 23.8 Å². The van der Waals surface area contributed by atoms with Gasteiger partial charge in [-0.1, -0.05) is 83.9 Å². The fraction of sp³-hybridized carbons (Fsp3) is 0.735. The smallest absolute Gasteiger partial charge is 0.408 e. The van der Waals surface area contributed by atoms with Crippen molar-refractivity contribution in [3.05, 3.63) is 34.9 Å². The highest BCUT2D eigenvalue weighted by atomic mass is 16.6. The Labute approximate surface area is 249 Å². The van der Waals surface area contributed by atoms with Crippen LogP contribution in [0.5, 0.6) is 0 Å². The van der Waals surface area contributed by atoms with E-state index in [0.29, 0.717) is 13.0 Å². The summed E-state index contributed by atoms with van der Waals surface area (Å²) in [4.78, 5) is 43.4. The molecule has 1 aromatic rings. The van der Waals surface area contributed by atoms with Crippen molar-refractivity contribution in [2.75, 3.05) is 6.54 Å². The second-order valence-electron chi connectivity index (χ2n) is 13.3. The standard InChI is InChI=1S/C34H57N3O4/c1-9-10-11-12-16-22-37(32(39)28(23-24(2)3)36-33(40)41-34(6,7)8)30(29-25(4)18-17-19-26(29)5)31(38)35-27-20-14-13-15-21-27/h17-19,24,27-28,30H,9-16,20-23H2,1-8H3,(H,35,38)(H,36,40). The minimum absolute atomic E-state index is 0.121. The predicted molar refractivity (Wildman–Crippen MR) is 167 cm³/mol. The van der Waals surface area contributed by atoms with Gasteiger partial charge in [-0.05, 0) is 82.9 Å². The molecule has 2 N–H and O–H groups in total. The Morgan fingerprint density at radius 2 is 1.59 bits per heavy atom. The third kappa shape index (κ3) is 11.7. The zero-order chi connectivity index (χ0) is 30.6. The van der Waals surface area contributed by atoms with E-state index >= 15 is 0 Å². The molecule has 0 bridgehead atoms. The van der Waals surface area contributed by atoms with Crippen molar-refractivity contribution in [1.82, 2.24) is 15.5 Å². The fourth-order valence-electron chi connectivity index (χ4n) is 5.81. The van der Waals surface area contributed by atoms with Gasteiger partial charge < -0.3 is 20.3 Å². The minimum atomic E-state index is -0.796. The van der Waals surface area contributed by atoms with E-state index in [1.807, 2.05) is 45.9 Å². The van der Waals surface area contributed by atoms with Crippen LogP contribution < -0.4 is 10.6 Å². The number of nitrogens with zero attached hydrogens (tertiary/aromatic N) is 1. The van der Waals surface area contributed by atoms with Crippen LogP contribution in [0, 0.1) is 19.8 Å². The Kier molecular flexibility index (Phi) is 14.2. The maximum Gasteiger partial charge on any atom is 0.408 e. The highest BCUT2D eigenvalue weighted by Crippen LogP contribution is 2.31. The van der Waals surface area contributed by atoms with Crippen molar-refractivity contribution < 1.29 is 19.1 Å². The van der Waals surface area contributed by atoms with Crippen molar-refractivity contribution in [2.24, 2.45) is 5.92 Å². The molecule has 1 fully saturated rings. The molecule has 2 rings (SSSR count). The summed E-state index contributed by atoms with van der Waals surface area (Å²) in [5, 5.41) is 6.19. The second-order valence-corrected chi connectivity index (χ2v) is 13.3. The van der Waals surface area contributed by atoms with Gasteiger partial charge in [-0.2, -0.15) is 0 Å². The van der Waals surface area contributed by atoms with Crippen molar-refractivity contribution in [3.8, 4) is 0 Å². The first-order valence-corrected chi connectivity index (χ1v) is 16.0. The number of carbonyl (C=O) groups is 3. The largest absolute Gasteiger partial charge is 0.444 e. The van der Waals surface area contributed by atoms with Crippen LogP contribution in [0.3, 0.4) is 0 Å². The number of amides is 3. The number of hydrogen-bond donors (Lipinski definition) is 2. The van der Waals surface area contributed by atoms with Crippen LogP contribution in [0.1, 0.15) is 135 Å². The average Bonchev–Trinajstić information content (AvgIpc) is 2.87. The minimum Gasteiger partial charge on any atom is -0.444 e. The number of hydrogen-bond acceptors (Lipinski definition) is 4. The third-order valence-corrected chi connectivity index (χ3v) is 7.81. The van der Waals surface area contributed by atoms with Crippen molar-refractivity contribution in [1.29, 1.82) is 0 Å². The summed E-state index contributed by atoms with van der Waals surface area (Å²) in [6.45, 7) is 16.1. The van der Waals surface area contributed by atoms with Gasteiger partial charge in [0, 0.05) is 12.6 Å². The quantitative estimate of drug-likeness (QED) is 0.226. The summed E-state index contributed by atoms with van der Waals surface area (Å²) in [6.07, 6.45) is 10.3. The number of rotatable bonds is 14. The Hall–Kier alpha value is -2.57. The molecule has 1 saturated carbocycles. The Bertz CT molecular complexity index is 958. The number of alkyl carbamates (subject to hydrolysis) is 1. The zero-order valence-corrected chi connectivity index (χ0v) is 27.1. The lowest BCUT2D eigenvalue weighted by Crippen LogP contribution is -2.54. The van der Waals surface area contributed by atoms with Gasteiger partial charge in [0.05, 0.1) is 0 Å². The summed E-state index contributed by atoms with van der Waals surface area (Å²) in [5.41, 5.74) is 2.16. The first-order chi connectivity index (χ1) is 19.3. The molecule has 0 aromatic heterocycles. The van der Waals surface area contributed by atoms with E-state index in [1.54, 1.807) is 25.7 Å². The fourth-order valence-corrected chi connectivity index (χ4v) is 5.81. The lowest BCUT2D eigenvalue weighted by molar-refractivity contribution is -0.143. The molecule has 2 unspecified atom stereocenters. The zero-order valence-electron chi connectivity index (χ0n) is 27.1. The summed E-state index contributed by atoms with van der Waals surface area (Å²) in [6, 6.07) is 4.57. The van der Waals surface area contributed by atoms with Gasteiger partial charge in [0.25, 0.3) is 0 Å². The van der Waals surface area contributed by atoms with Crippen LogP contribution in [0.2, 0.25) is 0 Å². The predicted octanol–water partition coefficient (Wildman–Crippen LogP) is 7.53. The molecule has 3 amide bonds. The SMILES string of the molecule is CCCCCCCN(C(=O)C(CC(C)C)NC(=O)OC(C)(C)C)C(C(=O)NC1CCCCC1)c1c(C)cccc1C. The lowest BCUT2D eigenvalue weighted by Gasteiger charge is -2.37. The molecule has 1 aliphatic rings. The first kappa shape index (κ1) is 34.6. The van der Waals surface area contributed by atoms with E-state index in [2.05, 4.69) is 17.6 Å². The van der Waals surface area contributed by atoms with Crippen LogP contribution >= 0.6 is 0 Å². The maximum atomic E-state index is 14.5. The van der Waals surface area contributed by atoms with E-state index in [0.717, 1.165) is 74.5 Å². The van der Waals surface area contributed by atoms with Gasteiger partial charge in [-0.3, -0.25) is 9.59 Å². The van der Waals surface area contributed by atoms with Gasteiger partial charge in [-0.15, -0.1) is 0 Å². The van der Waals surface area contributed by atoms with Crippen LogP contribution in [0.4, 0.5) is 4.79 Å². The van der Waals surface area contributed by atoms with E-state index in [9.17, 15) is 14.4 Å². The number of aryl methyl sites for hydroxylation is 2. The van der Waals surface area contributed by atoms with Crippen molar-refractivity contribution >= 4 is 17.9 Å². The monoisotopic (exact) mass is 571 g/mol. The first-order valence-electron chi connectivity index (χ1n) is 16.0. The number of benzene rings is 1. The molecule has 1 aromatic carbocycles. The number of ether oxygens (including phenoxy) is 1. The van der Waals surface area contributed by atoms with Crippen LogP contribution in [0.25, 0.3) is 0 Å². The molecule has 232 valence electrons. The van der Waals surface area contributed by atoms with Gasteiger partial charge in [-0.25, -0.2) is 4.79 Å². The summed E-state index contributed by atoms with van der Waals surface area (Å²) in [7, 11) is 0. The molecule has 0 saturated heterocycles. The maximum absolute atomic E-state index is 14.5. The number of carbonyl (C=O) groups excluding carboxylic acids is 3. The van der Waals surface area contributed by atoms with Crippen molar-refractivity contribution in [2.45, 2.75) is 150 Å². The van der Waals surface area contributed by atoms with Gasteiger partial charge in [0.1, 0.15) is 17.7 Å². The van der Waals surface area contributed by atoms with E-state index in [-0.39, 0.29) is 23.8 Å². The molecule has 7 heteroatoms. The molecular weight excluding hydrogens is 514 g/mol. The Balaban J connectivity index is 2.52. The van der Waals surface area contributed by atoms with E-state index in [4.69, 9.17) is 4.74 Å². The highest BCUT2D eigenvalue weighted by molar-refractivity contribution is 5.92. The molecule has 7 nitrogen and oxygen atoms in total. The van der Waals surface area contributed by atoms with Crippen LogP contribution in [0.15, 0.2) is 18.2 Å². The average molecular weight is 572 g/mol. The number of nitrogens with one attached hydrogen (secondary N) is 2. The Morgan fingerprint density at radius 1 is 0.976 bits per heavy atom. The van der Waals surface area contributed by atoms with Crippen LogP contribution in [-0.2, 0) is 14.3 Å². The molecule has 0 radical (unpaired) electrons. The highest BCUT2D eigenvalue weighted by Gasteiger charge is 2.38. The summed E-state index contributed by atoms with van der Waals surface area (Å²) < 4.78 is 5.54. The lowest BCUT2D eigenvalue weighted by atomic mass is 9.91. The molecule has 0 heterocycles. The molecule has 0 aliphatic heterocycles. The molecule has 2 atom stereocenters. The van der Waals surface area contributed by atoms with Gasteiger partial charge in [0.15, 0.2) is 0 Å². The Morgan fingerprint density at radius 3 is 2.15 bits per heavy atom. The normalized spacial score (nSPS) is 15.7. The molecular formula is C34H57N3O4. The number of unbranched alkanes of at least 4 members (excludes halogenated alkanes) is 4. The van der Waals surface area contributed by atoms with Crippen LogP contribution in [-0.4, -0.2) is 47.0 Å². The summed E-state index contributed by atoms with van der Waals surface area (Å²) in [5.74, 6) is -0.205. The third-order valence-electron chi connectivity index (χ3n) is 7.81. The molecule has 41 heavy (non-hydrogen) atoms. The molecule has 1 aliphatic carbocycles.